The van der Waals surface area contributed by atoms with E-state index < -0.39 is 0 Å². The second-order valence-electron chi connectivity index (χ2n) is 6.07. The maximum atomic E-state index is 12.4. The minimum atomic E-state index is -0.388. The van der Waals surface area contributed by atoms with Crippen LogP contribution in [0.4, 0.5) is 0 Å². The van der Waals surface area contributed by atoms with Crippen LogP contribution in [0.15, 0.2) is 18.2 Å². The molecule has 1 saturated heterocycles. The van der Waals surface area contributed by atoms with Crippen molar-refractivity contribution in [2.45, 2.75) is 36.8 Å². The number of rotatable bonds is 0. The van der Waals surface area contributed by atoms with Crippen LogP contribution in [0.1, 0.15) is 24.8 Å². The van der Waals surface area contributed by atoms with Gasteiger partial charge in [-0.2, -0.15) is 0 Å². The van der Waals surface area contributed by atoms with Crippen molar-refractivity contribution in [2.75, 3.05) is 13.6 Å². The highest BCUT2D eigenvalue weighted by molar-refractivity contribution is 5.89. The molecule has 4 rings (SSSR count). The van der Waals surface area contributed by atoms with Gasteiger partial charge in [-0.3, -0.25) is 4.79 Å². The number of aromatic hydroxyl groups is 1. The molecular formula is C15H17NO3. The normalized spacial score (nSPS) is 36.6. The van der Waals surface area contributed by atoms with Gasteiger partial charge in [0.1, 0.15) is 0 Å². The second-order valence-corrected chi connectivity index (χ2v) is 6.07. The molecule has 1 aromatic rings. The summed E-state index contributed by atoms with van der Waals surface area (Å²) in [6.45, 7) is 0.979. The smallest absolute Gasteiger partial charge is 0.175 e. The zero-order chi connectivity index (χ0) is 13.2. The summed E-state index contributed by atoms with van der Waals surface area (Å²) in [6.07, 6.45) is 2.06. The maximum absolute atomic E-state index is 12.4. The average Bonchev–Trinajstić information content (AvgIpc) is 2.72. The number of Topliss-reactive ketones (excluding diaryl/α,β-unsaturated/α-hetero) is 1. The zero-order valence-corrected chi connectivity index (χ0v) is 10.9. The van der Waals surface area contributed by atoms with Gasteiger partial charge in [-0.1, -0.05) is 12.1 Å². The first kappa shape index (κ1) is 11.3. The Balaban J connectivity index is 1.89. The van der Waals surface area contributed by atoms with Gasteiger partial charge >= 0.3 is 0 Å². The van der Waals surface area contributed by atoms with Crippen LogP contribution >= 0.6 is 0 Å². The summed E-state index contributed by atoms with van der Waals surface area (Å²) in [5.41, 5.74) is 0.823. The molecule has 4 heteroatoms. The topological polar surface area (TPSA) is 49.8 Å². The first-order valence-electron chi connectivity index (χ1n) is 6.84. The summed E-state index contributed by atoms with van der Waals surface area (Å²) < 4.78 is 5.85. The molecule has 0 unspecified atom stereocenters. The van der Waals surface area contributed by atoms with Crippen LogP contribution in [-0.4, -0.2) is 41.5 Å². The molecule has 1 saturated carbocycles. The summed E-state index contributed by atoms with van der Waals surface area (Å²) >= 11 is 0. The van der Waals surface area contributed by atoms with Crippen molar-refractivity contribution in [3.63, 3.8) is 0 Å². The molecule has 2 bridgehead atoms. The number of carbonyl (C=O) groups excluding carboxylic acids is 1. The summed E-state index contributed by atoms with van der Waals surface area (Å²) in [7, 11) is 2.09. The number of ketones is 1. The molecule has 1 N–H and O–H groups in total. The van der Waals surface area contributed by atoms with Crippen LogP contribution in [0.2, 0.25) is 0 Å². The van der Waals surface area contributed by atoms with Gasteiger partial charge in [-0.25, -0.2) is 0 Å². The first-order chi connectivity index (χ1) is 9.12. The van der Waals surface area contributed by atoms with Crippen molar-refractivity contribution in [1.29, 1.82) is 0 Å². The lowest BCUT2D eigenvalue weighted by atomic mass is 9.62. The van der Waals surface area contributed by atoms with Crippen LogP contribution in [0.5, 0.6) is 11.5 Å². The number of para-hydroxylation sites is 1. The molecule has 2 fully saturated rings. The monoisotopic (exact) mass is 259 g/mol. The number of likely N-dealkylation sites (tertiary alicyclic amines) is 1. The van der Waals surface area contributed by atoms with Crippen molar-refractivity contribution in [3.05, 3.63) is 23.8 Å². The molecule has 0 amide bonds. The molecule has 3 atom stereocenters. The van der Waals surface area contributed by atoms with Gasteiger partial charge in [0.05, 0.1) is 0 Å². The van der Waals surface area contributed by atoms with Crippen LogP contribution in [0, 0.1) is 0 Å². The van der Waals surface area contributed by atoms with Crippen LogP contribution in [-0.2, 0) is 10.2 Å². The van der Waals surface area contributed by atoms with E-state index in [-0.39, 0.29) is 23.1 Å². The number of phenols is 1. The molecule has 100 valence electrons. The van der Waals surface area contributed by atoms with Crippen LogP contribution in [0.3, 0.4) is 0 Å². The van der Waals surface area contributed by atoms with Gasteiger partial charge in [-0.15, -0.1) is 0 Å². The Bertz CT molecular complexity index is 571. The van der Waals surface area contributed by atoms with Gasteiger partial charge in [0, 0.05) is 23.4 Å². The number of ether oxygens (including phenoxy) is 1. The largest absolute Gasteiger partial charge is 0.504 e. The summed E-state index contributed by atoms with van der Waals surface area (Å²) in [5, 5.41) is 9.96. The molecule has 1 spiro atoms. The number of nitrogens with zero attached hydrogens (tertiary/aromatic N) is 1. The standard InChI is InChI=1S/C15H17NO3/c1-16-6-5-15-8-9(16)7-12(18)14(15)19-13-10(15)3-2-4-11(13)17/h2-4,9,14,17H,5-8H2,1H3/t9-,14-,15-/m0/s1. The van der Waals surface area contributed by atoms with E-state index in [1.807, 2.05) is 12.1 Å². The van der Waals surface area contributed by atoms with Gasteiger partial charge in [0.25, 0.3) is 0 Å². The molecule has 1 aliphatic carbocycles. The molecule has 0 aromatic heterocycles. The highest BCUT2D eigenvalue weighted by Gasteiger charge is 2.58. The lowest BCUT2D eigenvalue weighted by Gasteiger charge is -2.48. The second kappa shape index (κ2) is 3.51. The minimum Gasteiger partial charge on any atom is -0.504 e. The van der Waals surface area contributed by atoms with E-state index in [0.717, 1.165) is 24.9 Å². The molecule has 2 aliphatic heterocycles. The van der Waals surface area contributed by atoms with E-state index in [1.54, 1.807) is 6.07 Å². The van der Waals surface area contributed by atoms with Crippen molar-refractivity contribution in [3.8, 4) is 11.5 Å². The van der Waals surface area contributed by atoms with Crippen LogP contribution < -0.4 is 4.74 Å². The molecular weight excluding hydrogens is 242 g/mol. The molecule has 3 aliphatic rings. The lowest BCUT2D eigenvalue weighted by Crippen LogP contribution is -2.59. The van der Waals surface area contributed by atoms with E-state index in [0.29, 0.717) is 18.2 Å². The Hall–Kier alpha value is -1.55. The van der Waals surface area contributed by atoms with Gasteiger partial charge in [0.2, 0.25) is 0 Å². The van der Waals surface area contributed by atoms with Gasteiger partial charge in [-0.05, 0) is 32.5 Å². The first-order valence-corrected chi connectivity index (χ1v) is 6.84. The predicted molar refractivity (Wildman–Crippen MR) is 69.5 cm³/mol. The molecule has 19 heavy (non-hydrogen) atoms. The lowest BCUT2D eigenvalue weighted by molar-refractivity contribution is -0.135. The highest BCUT2D eigenvalue weighted by Crippen LogP contribution is 2.56. The van der Waals surface area contributed by atoms with E-state index in [1.165, 1.54) is 0 Å². The van der Waals surface area contributed by atoms with E-state index in [9.17, 15) is 9.90 Å². The Kier molecular flexibility index (Phi) is 2.09. The molecule has 2 heterocycles. The number of fused-ring (bicyclic) bond motifs is 2. The highest BCUT2D eigenvalue weighted by atomic mass is 16.5. The van der Waals surface area contributed by atoms with E-state index in [4.69, 9.17) is 4.74 Å². The number of phenolic OH excluding ortho intramolecular Hbond substituents is 1. The quantitative estimate of drug-likeness (QED) is 0.766. The van der Waals surface area contributed by atoms with Gasteiger partial charge in [0.15, 0.2) is 23.4 Å². The number of hydrogen-bond acceptors (Lipinski definition) is 4. The molecule has 4 nitrogen and oxygen atoms in total. The maximum Gasteiger partial charge on any atom is 0.175 e. The Morgan fingerprint density at radius 2 is 2.32 bits per heavy atom. The van der Waals surface area contributed by atoms with E-state index in [2.05, 4.69) is 11.9 Å². The third kappa shape index (κ3) is 1.30. The van der Waals surface area contributed by atoms with Crippen molar-refractivity contribution in [1.82, 2.24) is 4.90 Å². The van der Waals surface area contributed by atoms with Crippen molar-refractivity contribution >= 4 is 5.78 Å². The SMILES string of the molecule is CN1CC[C@@]23C[C@@H]1CC(=O)[C@@H]2Oc1c(O)cccc13. The Labute approximate surface area is 112 Å². The Morgan fingerprint density at radius 1 is 1.47 bits per heavy atom. The number of benzene rings is 1. The Morgan fingerprint density at radius 3 is 3.16 bits per heavy atom. The third-order valence-corrected chi connectivity index (χ3v) is 5.13. The summed E-state index contributed by atoms with van der Waals surface area (Å²) in [6, 6.07) is 5.80. The fourth-order valence-electron chi connectivity index (χ4n) is 4.07. The number of hydrogen-bond donors (Lipinski definition) is 1. The fourth-order valence-corrected chi connectivity index (χ4v) is 4.07. The zero-order valence-electron chi connectivity index (χ0n) is 10.9. The predicted octanol–water partition coefficient (Wildman–Crippen LogP) is 1.46. The van der Waals surface area contributed by atoms with Crippen LogP contribution in [0.25, 0.3) is 0 Å². The third-order valence-electron chi connectivity index (χ3n) is 5.13. The summed E-state index contributed by atoms with van der Waals surface area (Å²) in [4.78, 5) is 14.7. The fraction of sp³-hybridized carbons (Fsp3) is 0.533. The molecule has 0 radical (unpaired) electrons. The average molecular weight is 259 g/mol. The van der Waals surface area contributed by atoms with Crippen molar-refractivity contribution < 1.29 is 14.6 Å². The molecule has 1 aromatic carbocycles. The summed E-state index contributed by atoms with van der Waals surface area (Å²) in [5.74, 6) is 0.869. The van der Waals surface area contributed by atoms with Crippen molar-refractivity contribution in [2.24, 2.45) is 0 Å². The minimum absolute atomic E-state index is 0.157. The van der Waals surface area contributed by atoms with E-state index >= 15 is 0 Å². The van der Waals surface area contributed by atoms with Gasteiger partial charge < -0.3 is 14.7 Å². The number of piperidine rings is 1. The number of carbonyl (C=O) groups is 1.